The number of nitrogen functional groups attached to an aromatic ring is 1. The van der Waals surface area contributed by atoms with Gasteiger partial charge in [-0.15, -0.1) is 0 Å². The van der Waals surface area contributed by atoms with Crippen LogP contribution >= 0.6 is 0 Å². The van der Waals surface area contributed by atoms with Crippen LogP contribution in [0.3, 0.4) is 0 Å². The van der Waals surface area contributed by atoms with Gasteiger partial charge in [-0.05, 0) is 55.4 Å². The molecule has 1 aliphatic rings. The highest BCUT2D eigenvalue weighted by Gasteiger charge is 2.17. The normalized spacial score (nSPS) is 17.6. The number of anilines is 1. The van der Waals surface area contributed by atoms with Crippen LogP contribution < -0.4 is 11.5 Å². The van der Waals surface area contributed by atoms with E-state index in [1.54, 1.807) is 0 Å². The first-order valence-electron chi connectivity index (χ1n) is 5.36. The van der Waals surface area contributed by atoms with E-state index in [0.29, 0.717) is 0 Å². The fourth-order valence-corrected chi connectivity index (χ4v) is 2.41. The molecule has 1 aromatic carbocycles. The zero-order valence-corrected chi connectivity index (χ0v) is 8.72. The van der Waals surface area contributed by atoms with Crippen LogP contribution in [-0.2, 0) is 12.8 Å². The predicted molar refractivity (Wildman–Crippen MR) is 60.1 cm³/mol. The Balaban J connectivity index is 2.55. The molecule has 2 nitrogen and oxygen atoms in total. The average Bonchev–Trinajstić information content (AvgIpc) is 2.17. The molecule has 0 radical (unpaired) electrons. The zero-order valence-electron chi connectivity index (χ0n) is 8.72. The third-order valence-electron chi connectivity index (χ3n) is 3.07. The number of nitrogens with two attached hydrogens (primary N) is 2. The van der Waals surface area contributed by atoms with Crippen molar-refractivity contribution < 1.29 is 0 Å². The number of rotatable bonds is 1. The molecule has 0 saturated heterocycles. The molecule has 0 aliphatic heterocycles. The second-order valence-corrected chi connectivity index (χ2v) is 4.20. The van der Waals surface area contributed by atoms with E-state index in [4.69, 9.17) is 11.5 Å². The number of hydrogen-bond acceptors (Lipinski definition) is 2. The third-order valence-corrected chi connectivity index (χ3v) is 3.07. The minimum Gasteiger partial charge on any atom is -0.398 e. The quantitative estimate of drug-likeness (QED) is 0.667. The molecule has 0 saturated carbocycles. The van der Waals surface area contributed by atoms with Crippen molar-refractivity contribution in [3.8, 4) is 0 Å². The molecule has 2 heteroatoms. The SMILES string of the molecule is CC(N)c1c(N)ccc2c1CCCC2. The van der Waals surface area contributed by atoms with E-state index in [1.165, 1.54) is 36.0 Å². The summed E-state index contributed by atoms with van der Waals surface area (Å²) in [6.45, 7) is 2.01. The Morgan fingerprint density at radius 2 is 1.93 bits per heavy atom. The maximum Gasteiger partial charge on any atom is 0.0365 e. The maximum absolute atomic E-state index is 5.97. The number of aryl methyl sites for hydroxylation is 1. The van der Waals surface area contributed by atoms with Gasteiger partial charge < -0.3 is 11.5 Å². The van der Waals surface area contributed by atoms with Crippen molar-refractivity contribution in [1.82, 2.24) is 0 Å². The van der Waals surface area contributed by atoms with E-state index >= 15 is 0 Å². The average molecular weight is 190 g/mol. The molecule has 76 valence electrons. The molecule has 2 rings (SSSR count). The summed E-state index contributed by atoms with van der Waals surface area (Å²) in [6, 6.07) is 4.22. The number of benzene rings is 1. The molecule has 0 aromatic heterocycles. The van der Waals surface area contributed by atoms with Crippen molar-refractivity contribution in [1.29, 1.82) is 0 Å². The summed E-state index contributed by atoms with van der Waals surface area (Å²) in [5.41, 5.74) is 16.8. The second-order valence-electron chi connectivity index (χ2n) is 4.20. The van der Waals surface area contributed by atoms with Crippen molar-refractivity contribution in [3.05, 3.63) is 28.8 Å². The highest BCUT2D eigenvalue weighted by atomic mass is 14.7. The van der Waals surface area contributed by atoms with Crippen LogP contribution in [0.15, 0.2) is 12.1 Å². The Kier molecular flexibility index (Phi) is 2.46. The zero-order chi connectivity index (χ0) is 10.1. The van der Waals surface area contributed by atoms with Gasteiger partial charge in [0.05, 0.1) is 0 Å². The summed E-state index contributed by atoms with van der Waals surface area (Å²) < 4.78 is 0. The highest BCUT2D eigenvalue weighted by molar-refractivity contribution is 5.56. The van der Waals surface area contributed by atoms with Gasteiger partial charge >= 0.3 is 0 Å². The van der Waals surface area contributed by atoms with Crippen molar-refractivity contribution in [2.75, 3.05) is 5.73 Å². The maximum atomic E-state index is 5.97. The van der Waals surface area contributed by atoms with Gasteiger partial charge in [0, 0.05) is 11.7 Å². The molecule has 1 aromatic rings. The third kappa shape index (κ3) is 1.50. The lowest BCUT2D eigenvalue weighted by Crippen LogP contribution is -2.15. The van der Waals surface area contributed by atoms with Crippen LogP contribution in [0.25, 0.3) is 0 Å². The molecule has 1 aliphatic carbocycles. The lowest BCUT2D eigenvalue weighted by atomic mass is 9.85. The van der Waals surface area contributed by atoms with Crippen molar-refractivity contribution in [3.63, 3.8) is 0 Å². The van der Waals surface area contributed by atoms with Gasteiger partial charge in [-0.2, -0.15) is 0 Å². The van der Waals surface area contributed by atoms with Crippen LogP contribution in [0, 0.1) is 0 Å². The Labute approximate surface area is 85.3 Å². The number of fused-ring (bicyclic) bond motifs is 1. The molecule has 1 atom stereocenters. The Hall–Kier alpha value is -1.02. The topological polar surface area (TPSA) is 52.0 Å². The smallest absolute Gasteiger partial charge is 0.0365 e. The van der Waals surface area contributed by atoms with Crippen LogP contribution in [0.4, 0.5) is 5.69 Å². The standard InChI is InChI=1S/C12H18N2/c1-8(13)12-10-5-3-2-4-9(10)6-7-11(12)14/h6-8H,2-5,13-14H2,1H3. The van der Waals surface area contributed by atoms with Crippen LogP contribution in [0.5, 0.6) is 0 Å². The molecule has 4 N–H and O–H groups in total. The summed E-state index contributed by atoms with van der Waals surface area (Å²) in [4.78, 5) is 0. The summed E-state index contributed by atoms with van der Waals surface area (Å²) in [6.07, 6.45) is 4.91. The molecular weight excluding hydrogens is 172 g/mol. The van der Waals surface area contributed by atoms with Crippen LogP contribution in [-0.4, -0.2) is 0 Å². The van der Waals surface area contributed by atoms with Crippen molar-refractivity contribution in [2.24, 2.45) is 5.73 Å². The minimum atomic E-state index is 0.0584. The molecule has 0 amide bonds. The summed E-state index contributed by atoms with van der Waals surface area (Å²) in [5, 5.41) is 0. The molecule has 0 spiro atoms. The van der Waals surface area contributed by atoms with E-state index < -0.39 is 0 Å². The first-order valence-corrected chi connectivity index (χ1v) is 5.36. The minimum absolute atomic E-state index is 0.0584. The van der Waals surface area contributed by atoms with Gasteiger partial charge in [-0.25, -0.2) is 0 Å². The lowest BCUT2D eigenvalue weighted by Gasteiger charge is -2.22. The number of hydrogen-bond donors (Lipinski definition) is 2. The monoisotopic (exact) mass is 190 g/mol. The van der Waals surface area contributed by atoms with E-state index in [2.05, 4.69) is 6.07 Å². The largest absolute Gasteiger partial charge is 0.398 e. The summed E-state index contributed by atoms with van der Waals surface area (Å²) in [5.74, 6) is 0. The van der Waals surface area contributed by atoms with Crippen LogP contribution in [0.2, 0.25) is 0 Å². The Morgan fingerprint density at radius 3 is 2.64 bits per heavy atom. The Morgan fingerprint density at radius 1 is 1.21 bits per heavy atom. The molecule has 0 heterocycles. The van der Waals surface area contributed by atoms with Gasteiger partial charge in [0.1, 0.15) is 0 Å². The van der Waals surface area contributed by atoms with E-state index in [0.717, 1.165) is 12.1 Å². The highest BCUT2D eigenvalue weighted by Crippen LogP contribution is 2.31. The van der Waals surface area contributed by atoms with Gasteiger partial charge in [0.25, 0.3) is 0 Å². The van der Waals surface area contributed by atoms with Gasteiger partial charge in [0.15, 0.2) is 0 Å². The van der Waals surface area contributed by atoms with Crippen molar-refractivity contribution in [2.45, 2.75) is 38.6 Å². The predicted octanol–water partition coefficient (Wildman–Crippen LogP) is 2.17. The molecular formula is C12H18N2. The fraction of sp³-hybridized carbons (Fsp3) is 0.500. The fourth-order valence-electron chi connectivity index (χ4n) is 2.41. The second kappa shape index (κ2) is 3.62. The van der Waals surface area contributed by atoms with E-state index in [9.17, 15) is 0 Å². The van der Waals surface area contributed by atoms with E-state index in [-0.39, 0.29) is 6.04 Å². The van der Waals surface area contributed by atoms with Crippen LogP contribution in [0.1, 0.15) is 42.5 Å². The van der Waals surface area contributed by atoms with Gasteiger partial charge in [0.2, 0.25) is 0 Å². The summed E-state index contributed by atoms with van der Waals surface area (Å²) >= 11 is 0. The lowest BCUT2D eigenvalue weighted by molar-refractivity contribution is 0.668. The summed E-state index contributed by atoms with van der Waals surface area (Å²) in [7, 11) is 0. The molecule has 14 heavy (non-hydrogen) atoms. The Bertz CT molecular complexity index is 342. The van der Waals surface area contributed by atoms with E-state index in [1.807, 2.05) is 13.0 Å². The molecule has 0 fully saturated rings. The van der Waals surface area contributed by atoms with Gasteiger partial charge in [-0.1, -0.05) is 6.07 Å². The van der Waals surface area contributed by atoms with Gasteiger partial charge in [-0.3, -0.25) is 0 Å². The first kappa shape index (κ1) is 9.53. The van der Waals surface area contributed by atoms with Crippen molar-refractivity contribution >= 4 is 5.69 Å². The molecule has 1 unspecified atom stereocenters. The first-order chi connectivity index (χ1) is 6.70. The molecule has 0 bridgehead atoms.